The number of aromatic nitrogens is 3. The zero-order chi connectivity index (χ0) is 28.9. The Balaban J connectivity index is 1.41. The number of hydrogen-bond acceptors (Lipinski definition) is 9. The number of hydrogen-bond donors (Lipinski definition) is 2. The Hall–Kier alpha value is -4.40. The number of halogens is 1. The average Bonchev–Trinajstić information content (AvgIpc) is 3.67. The first kappa shape index (κ1) is 26.8. The molecule has 4 aromatic rings. The van der Waals surface area contributed by atoms with Gasteiger partial charge < -0.3 is 15.2 Å². The van der Waals surface area contributed by atoms with E-state index in [-0.39, 0.29) is 24.6 Å². The molecule has 0 bridgehead atoms. The number of carbonyl (C=O) groups is 2. The van der Waals surface area contributed by atoms with E-state index in [9.17, 15) is 27.5 Å². The summed E-state index contributed by atoms with van der Waals surface area (Å²) in [6.45, 7) is 0.589. The van der Waals surface area contributed by atoms with Gasteiger partial charge in [0.2, 0.25) is 0 Å². The third-order valence-electron chi connectivity index (χ3n) is 7.12. The van der Waals surface area contributed by atoms with Gasteiger partial charge in [0, 0.05) is 30.4 Å². The molecule has 2 aliphatic heterocycles. The first-order chi connectivity index (χ1) is 19.6. The van der Waals surface area contributed by atoms with Gasteiger partial charge in [0.25, 0.3) is 16.0 Å². The van der Waals surface area contributed by atoms with Gasteiger partial charge in [-0.25, -0.2) is 24.1 Å². The zero-order valence-corrected chi connectivity index (χ0v) is 22.5. The molecule has 1 saturated heterocycles. The molecule has 12 nitrogen and oxygen atoms in total. The maximum Gasteiger partial charge on any atom is 0.414 e. The molecule has 5 heterocycles. The van der Waals surface area contributed by atoms with Crippen LogP contribution in [0.4, 0.5) is 20.7 Å². The van der Waals surface area contributed by atoms with E-state index in [1.165, 1.54) is 24.5 Å². The van der Waals surface area contributed by atoms with Crippen LogP contribution >= 0.6 is 0 Å². The first-order valence-corrected chi connectivity index (χ1v) is 14.4. The van der Waals surface area contributed by atoms with Gasteiger partial charge in [-0.15, -0.1) is 0 Å². The standard InChI is InChI=1S/C27H24FN5O7S/c1-41(37,38)40-14-21-17(15-7-9-39-13-15)3-5-23(31-21)30-20-4-2-18(19-12-33(27(35)36)26(34)25(19)20)22-11-29-24-10-16(28)6-8-32(22)24/h2-6,8,10-11,15H,7,9,12-14H2,1H3,(H,30,31)(H,35,36). The summed E-state index contributed by atoms with van der Waals surface area (Å²) in [5, 5.41) is 12.8. The molecule has 1 aromatic carbocycles. The SMILES string of the molecule is CS(=O)(=O)OCc1nc(Nc2ccc(-c3cnc4cc(F)ccn34)c3c2C(=O)N(C(=O)O)C3)ccc1C1CCOC1. The average molecular weight is 582 g/mol. The van der Waals surface area contributed by atoms with E-state index in [1.54, 1.807) is 22.6 Å². The zero-order valence-electron chi connectivity index (χ0n) is 21.7. The van der Waals surface area contributed by atoms with Crippen molar-refractivity contribution in [1.29, 1.82) is 0 Å². The molecule has 1 atom stereocenters. The van der Waals surface area contributed by atoms with Crippen molar-refractivity contribution in [3.63, 3.8) is 0 Å². The summed E-state index contributed by atoms with van der Waals surface area (Å²) in [6.07, 6.45) is 3.36. The van der Waals surface area contributed by atoms with Gasteiger partial charge in [0.05, 0.1) is 48.2 Å². The Morgan fingerprint density at radius 1 is 1.27 bits per heavy atom. The fraction of sp³-hybridized carbons (Fsp3) is 0.259. The van der Waals surface area contributed by atoms with Gasteiger partial charge >= 0.3 is 6.09 Å². The van der Waals surface area contributed by atoms with Crippen LogP contribution in [0, 0.1) is 5.82 Å². The first-order valence-electron chi connectivity index (χ1n) is 12.6. The highest BCUT2D eigenvalue weighted by Crippen LogP contribution is 2.39. The number of carboxylic acid groups (broad SMARTS) is 1. The Kier molecular flexibility index (Phi) is 6.68. The minimum Gasteiger partial charge on any atom is -0.465 e. The molecule has 1 fully saturated rings. The molecule has 2 amide bonds. The van der Waals surface area contributed by atoms with E-state index in [1.807, 2.05) is 6.07 Å². The molecule has 1 unspecified atom stereocenters. The Labute approximate surface area is 233 Å². The van der Waals surface area contributed by atoms with Crippen LogP contribution in [0.15, 0.2) is 48.8 Å². The lowest BCUT2D eigenvalue weighted by Gasteiger charge is -2.17. The second-order valence-electron chi connectivity index (χ2n) is 9.79. The van der Waals surface area contributed by atoms with Crippen LogP contribution in [-0.2, 0) is 32.2 Å². The molecular weight excluding hydrogens is 557 g/mol. The molecule has 14 heteroatoms. The molecule has 0 radical (unpaired) electrons. The van der Waals surface area contributed by atoms with Gasteiger partial charge in [-0.1, -0.05) is 12.1 Å². The van der Waals surface area contributed by atoms with Crippen molar-refractivity contribution in [1.82, 2.24) is 19.3 Å². The summed E-state index contributed by atoms with van der Waals surface area (Å²) < 4.78 is 49.3. The third kappa shape index (κ3) is 5.12. The van der Waals surface area contributed by atoms with Crippen LogP contribution in [-0.4, -0.2) is 64.3 Å². The number of carbonyl (C=O) groups excluding carboxylic acids is 1. The number of amides is 2. The number of pyridine rings is 2. The van der Waals surface area contributed by atoms with Gasteiger partial charge in [0.1, 0.15) is 23.9 Å². The normalized spacial score (nSPS) is 16.9. The number of nitrogens with zero attached hydrogens (tertiary/aromatic N) is 4. The lowest BCUT2D eigenvalue weighted by molar-refractivity contribution is 0.0764. The van der Waals surface area contributed by atoms with E-state index in [2.05, 4.69) is 15.3 Å². The number of ether oxygens (including phenoxy) is 1. The number of fused-ring (bicyclic) bond motifs is 2. The van der Waals surface area contributed by atoms with Crippen molar-refractivity contribution in [3.8, 4) is 11.3 Å². The van der Waals surface area contributed by atoms with Crippen molar-refractivity contribution in [2.24, 2.45) is 0 Å². The summed E-state index contributed by atoms with van der Waals surface area (Å²) in [5.74, 6) is -0.825. The largest absolute Gasteiger partial charge is 0.465 e. The van der Waals surface area contributed by atoms with E-state index >= 15 is 0 Å². The van der Waals surface area contributed by atoms with Crippen molar-refractivity contribution < 1.29 is 36.4 Å². The van der Waals surface area contributed by atoms with Crippen LogP contribution in [0.5, 0.6) is 0 Å². The van der Waals surface area contributed by atoms with E-state index in [0.717, 1.165) is 18.2 Å². The van der Waals surface area contributed by atoms with Crippen molar-refractivity contribution in [3.05, 3.63) is 77.0 Å². The van der Waals surface area contributed by atoms with Crippen LogP contribution < -0.4 is 5.32 Å². The van der Waals surface area contributed by atoms with Gasteiger partial charge in [-0.05, 0) is 35.7 Å². The number of rotatable bonds is 7. The fourth-order valence-electron chi connectivity index (χ4n) is 5.22. The molecule has 3 aromatic heterocycles. The summed E-state index contributed by atoms with van der Waals surface area (Å²) in [7, 11) is -3.73. The molecule has 2 N–H and O–H groups in total. The van der Waals surface area contributed by atoms with Crippen molar-refractivity contribution >= 4 is 39.3 Å². The number of imide groups is 1. The molecule has 0 aliphatic carbocycles. The molecule has 6 rings (SSSR count). The van der Waals surface area contributed by atoms with Crippen LogP contribution in [0.25, 0.3) is 16.9 Å². The predicted molar refractivity (Wildman–Crippen MR) is 144 cm³/mol. The lowest BCUT2D eigenvalue weighted by Crippen LogP contribution is -2.29. The number of nitrogens with one attached hydrogen (secondary N) is 1. The van der Waals surface area contributed by atoms with Gasteiger partial charge in [-0.3, -0.25) is 13.4 Å². The molecular formula is C27H24FN5O7S. The van der Waals surface area contributed by atoms with E-state index in [0.29, 0.717) is 57.8 Å². The van der Waals surface area contributed by atoms with Gasteiger partial charge in [0.15, 0.2) is 0 Å². The molecule has 2 aliphatic rings. The molecule has 212 valence electrons. The molecule has 41 heavy (non-hydrogen) atoms. The van der Waals surface area contributed by atoms with Crippen molar-refractivity contribution in [2.45, 2.75) is 25.5 Å². The Bertz CT molecular complexity index is 1820. The second-order valence-corrected chi connectivity index (χ2v) is 11.4. The summed E-state index contributed by atoms with van der Waals surface area (Å²) in [4.78, 5) is 34.8. The van der Waals surface area contributed by atoms with Crippen molar-refractivity contribution in [2.75, 3.05) is 24.8 Å². The number of benzene rings is 1. The monoisotopic (exact) mass is 581 g/mol. The number of imidazole rings is 1. The van der Waals surface area contributed by atoms with Crippen LogP contribution in [0.2, 0.25) is 0 Å². The van der Waals surface area contributed by atoms with Gasteiger partial charge in [-0.2, -0.15) is 8.42 Å². The minimum absolute atomic E-state index is 0.0305. The highest BCUT2D eigenvalue weighted by Gasteiger charge is 2.37. The van der Waals surface area contributed by atoms with E-state index in [4.69, 9.17) is 8.92 Å². The highest BCUT2D eigenvalue weighted by molar-refractivity contribution is 7.85. The third-order valence-corrected chi connectivity index (χ3v) is 7.67. The summed E-state index contributed by atoms with van der Waals surface area (Å²) in [5.41, 5.74) is 3.60. The van der Waals surface area contributed by atoms with E-state index < -0.39 is 27.9 Å². The lowest BCUT2D eigenvalue weighted by atomic mass is 9.97. The molecule has 0 spiro atoms. The maximum absolute atomic E-state index is 13.7. The fourth-order valence-corrected chi connectivity index (χ4v) is 5.55. The quantitative estimate of drug-likeness (QED) is 0.307. The predicted octanol–water partition coefficient (Wildman–Crippen LogP) is 3.89. The Morgan fingerprint density at radius 2 is 2.10 bits per heavy atom. The number of anilines is 2. The van der Waals surface area contributed by atoms with Crippen LogP contribution in [0.3, 0.4) is 0 Å². The second kappa shape index (κ2) is 10.2. The smallest absolute Gasteiger partial charge is 0.414 e. The Morgan fingerprint density at radius 3 is 2.83 bits per heavy atom. The maximum atomic E-state index is 13.7. The van der Waals surface area contributed by atoms with Crippen LogP contribution in [0.1, 0.15) is 39.5 Å². The summed E-state index contributed by atoms with van der Waals surface area (Å²) >= 11 is 0. The molecule has 0 saturated carbocycles. The highest BCUT2D eigenvalue weighted by atomic mass is 32.2. The topological polar surface area (TPSA) is 152 Å². The summed E-state index contributed by atoms with van der Waals surface area (Å²) in [6, 6.07) is 9.42. The minimum atomic E-state index is -3.73.